The first kappa shape index (κ1) is 11.8. The van der Waals surface area contributed by atoms with Crippen LogP contribution in [0.25, 0.3) is 0 Å². The summed E-state index contributed by atoms with van der Waals surface area (Å²) in [4.78, 5) is 3.16. The molecular formula is C8H19N3S. The minimum atomic E-state index is 0.791. The van der Waals surface area contributed by atoms with Crippen molar-refractivity contribution in [3.63, 3.8) is 0 Å². The number of amidine groups is 1. The third-order valence-corrected chi connectivity index (χ3v) is 1.83. The Morgan fingerprint density at radius 2 is 2.25 bits per heavy atom. The molecule has 0 aromatic rings. The Bertz CT molecular complexity index is 125. The molecule has 0 atom stereocenters. The van der Waals surface area contributed by atoms with Crippen LogP contribution in [0, 0.1) is 0 Å². The minimum Gasteiger partial charge on any atom is -0.793 e. The summed E-state index contributed by atoms with van der Waals surface area (Å²) in [6.07, 6.45) is 3.01. The summed E-state index contributed by atoms with van der Waals surface area (Å²) in [5.41, 5.74) is 5.68. The fraction of sp³-hybridized carbons (Fsp3) is 0.875. The Morgan fingerprint density at radius 1 is 1.50 bits per heavy atom. The molecule has 4 N–H and O–H groups in total. The Labute approximate surface area is 80.2 Å². The molecular weight excluding hydrogens is 170 g/mol. The smallest absolute Gasteiger partial charge is 0.240 e. The van der Waals surface area contributed by atoms with Gasteiger partial charge in [-0.05, 0) is 20.0 Å². The quantitative estimate of drug-likeness (QED) is 0.195. The molecule has 12 heavy (non-hydrogen) atoms. The zero-order chi connectivity index (χ0) is 9.23. The molecule has 0 spiro atoms. The van der Waals surface area contributed by atoms with Crippen molar-refractivity contribution in [2.24, 2.45) is 5.73 Å². The van der Waals surface area contributed by atoms with Gasteiger partial charge in [0.05, 0.1) is 6.54 Å². The first-order valence-corrected chi connectivity index (χ1v) is 4.97. The Kier molecular flexibility index (Phi) is 8.71. The second kappa shape index (κ2) is 8.87. The number of hydrogen-bond acceptors (Lipinski definition) is 2. The maximum Gasteiger partial charge on any atom is 0.240 e. The van der Waals surface area contributed by atoms with E-state index in [0.717, 1.165) is 43.9 Å². The molecule has 0 bridgehead atoms. The van der Waals surface area contributed by atoms with E-state index in [9.17, 15) is 0 Å². The molecule has 0 aromatic heterocycles. The second-order valence-electron chi connectivity index (χ2n) is 2.72. The zero-order valence-electron chi connectivity index (χ0n) is 7.73. The lowest BCUT2D eigenvalue weighted by Gasteiger charge is -1.99. The highest BCUT2D eigenvalue weighted by atomic mass is 32.1. The van der Waals surface area contributed by atoms with Crippen LogP contribution in [-0.2, 0) is 12.6 Å². The van der Waals surface area contributed by atoms with Gasteiger partial charge in [0.15, 0.2) is 0 Å². The summed E-state index contributed by atoms with van der Waals surface area (Å²) in [5.74, 6) is 1.66. The largest absolute Gasteiger partial charge is 0.793 e. The van der Waals surface area contributed by atoms with E-state index in [0.29, 0.717) is 0 Å². The highest BCUT2D eigenvalue weighted by molar-refractivity contribution is 7.58. The van der Waals surface area contributed by atoms with Crippen molar-refractivity contribution in [3.8, 4) is 0 Å². The third kappa shape index (κ3) is 7.88. The van der Waals surface area contributed by atoms with Gasteiger partial charge in [-0.2, -0.15) is 5.75 Å². The van der Waals surface area contributed by atoms with E-state index >= 15 is 0 Å². The normalized spacial score (nSPS) is 12.0. The van der Waals surface area contributed by atoms with Gasteiger partial charge in [0.2, 0.25) is 5.84 Å². The number of rotatable bonds is 7. The lowest BCUT2D eigenvalue weighted by Crippen LogP contribution is -2.75. The molecule has 0 aromatic carbocycles. The maximum absolute atomic E-state index is 5.68. The molecule has 0 aliphatic rings. The lowest BCUT2D eigenvalue weighted by atomic mass is 10.3. The Hall–Kier alpha value is -0.220. The van der Waals surface area contributed by atoms with Gasteiger partial charge >= 0.3 is 0 Å². The van der Waals surface area contributed by atoms with Gasteiger partial charge in [-0.3, -0.25) is 10.7 Å². The fourth-order valence-corrected chi connectivity index (χ4v) is 1.01. The number of hydrogen-bond donors (Lipinski definition) is 3. The van der Waals surface area contributed by atoms with Crippen LogP contribution in [0.5, 0.6) is 0 Å². The van der Waals surface area contributed by atoms with Crippen molar-refractivity contribution in [3.05, 3.63) is 0 Å². The van der Waals surface area contributed by atoms with Crippen LogP contribution in [0.2, 0.25) is 0 Å². The van der Waals surface area contributed by atoms with Gasteiger partial charge in [-0.1, -0.05) is 6.42 Å². The molecule has 0 saturated carbocycles. The molecule has 0 rings (SSSR count). The molecule has 0 saturated heterocycles. The Balaban J connectivity index is 3.28. The predicted octanol–water partition coefficient (Wildman–Crippen LogP) is -1.64. The van der Waals surface area contributed by atoms with Crippen molar-refractivity contribution < 1.29 is 4.99 Å². The molecule has 4 heteroatoms. The molecule has 0 radical (unpaired) electrons. The minimum absolute atomic E-state index is 0.791. The van der Waals surface area contributed by atoms with Gasteiger partial charge in [0.1, 0.15) is 0 Å². The number of nitrogens with two attached hydrogens (primary N) is 1. The molecule has 72 valence electrons. The maximum atomic E-state index is 5.68. The Morgan fingerprint density at radius 3 is 2.83 bits per heavy atom. The van der Waals surface area contributed by atoms with Crippen LogP contribution in [0.15, 0.2) is 0 Å². The second-order valence-corrected chi connectivity index (χ2v) is 3.13. The molecule has 0 heterocycles. The van der Waals surface area contributed by atoms with E-state index in [4.69, 9.17) is 18.4 Å². The fourth-order valence-electron chi connectivity index (χ4n) is 0.865. The monoisotopic (exact) mass is 189 g/mol. The van der Waals surface area contributed by atoms with Crippen LogP contribution in [0.4, 0.5) is 0 Å². The molecule has 0 fully saturated rings. The van der Waals surface area contributed by atoms with Crippen LogP contribution in [0.1, 0.15) is 19.3 Å². The van der Waals surface area contributed by atoms with Crippen molar-refractivity contribution in [1.82, 2.24) is 5.32 Å². The summed E-state index contributed by atoms with van der Waals surface area (Å²) in [5, 5.41) is 3.08. The molecule has 0 amide bonds. The SMILES string of the molecule is CNCCC[NH+]=C(N)CCC[S-]. The van der Waals surface area contributed by atoms with E-state index in [1.807, 2.05) is 7.05 Å². The summed E-state index contributed by atoms with van der Waals surface area (Å²) in [7, 11) is 1.95. The van der Waals surface area contributed by atoms with Crippen LogP contribution in [0.3, 0.4) is 0 Å². The average Bonchev–Trinajstić information content (AvgIpc) is 2.09. The van der Waals surface area contributed by atoms with Crippen molar-refractivity contribution >= 4 is 18.5 Å². The van der Waals surface area contributed by atoms with Crippen LogP contribution < -0.4 is 16.0 Å². The van der Waals surface area contributed by atoms with Gasteiger partial charge in [-0.15, -0.1) is 0 Å². The van der Waals surface area contributed by atoms with Crippen molar-refractivity contribution in [2.75, 3.05) is 25.9 Å². The molecule has 0 aliphatic carbocycles. The summed E-state index contributed by atoms with van der Waals surface area (Å²) >= 11 is 4.82. The highest BCUT2D eigenvalue weighted by Gasteiger charge is 1.94. The molecule has 3 nitrogen and oxygen atoms in total. The summed E-state index contributed by atoms with van der Waals surface area (Å²) in [6.45, 7) is 1.98. The zero-order valence-corrected chi connectivity index (χ0v) is 8.54. The first-order valence-electron chi connectivity index (χ1n) is 4.39. The number of nitrogens with one attached hydrogen (secondary N) is 2. The van der Waals surface area contributed by atoms with E-state index in [2.05, 4.69) is 10.3 Å². The van der Waals surface area contributed by atoms with Gasteiger partial charge in [-0.25, -0.2) is 0 Å². The first-order chi connectivity index (χ1) is 5.81. The highest BCUT2D eigenvalue weighted by Crippen LogP contribution is 1.81. The van der Waals surface area contributed by atoms with Gasteiger partial charge in [0.25, 0.3) is 0 Å². The van der Waals surface area contributed by atoms with Gasteiger partial charge < -0.3 is 17.9 Å². The molecule has 0 unspecified atom stereocenters. The summed E-state index contributed by atoms with van der Waals surface area (Å²) < 4.78 is 0. The standard InChI is InChI=1S/C8H19N3S/c1-10-5-3-6-11-8(9)4-2-7-12/h10,12H,2-7H2,1H3,(H2,9,11). The van der Waals surface area contributed by atoms with E-state index in [1.54, 1.807) is 0 Å². The lowest BCUT2D eigenvalue weighted by molar-refractivity contribution is -0.459. The van der Waals surface area contributed by atoms with Crippen molar-refractivity contribution in [1.29, 1.82) is 0 Å². The van der Waals surface area contributed by atoms with Crippen LogP contribution in [-0.4, -0.2) is 31.7 Å². The summed E-state index contributed by atoms with van der Waals surface area (Å²) in [6, 6.07) is 0. The van der Waals surface area contributed by atoms with E-state index in [1.165, 1.54) is 0 Å². The molecule has 0 aliphatic heterocycles. The van der Waals surface area contributed by atoms with Gasteiger partial charge in [0, 0.05) is 6.42 Å². The van der Waals surface area contributed by atoms with E-state index < -0.39 is 0 Å². The average molecular weight is 189 g/mol. The van der Waals surface area contributed by atoms with Crippen molar-refractivity contribution in [2.45, 2.75) is 19.3 Å². The third-order valence-electron chi connectivity index (χ3n) is 1.55. The predicted molar refractivity (Wildman–Crippen MR) is 55.0 cm³/mol. The van der Waals surface area contributed by atoms with E-state index in [-0.39, 0.29) is 0 Å². The van der Waals surface area contributed by atoms with Crippen LogP contribution >= 0.6 is 0 Å². The topological polar surface area (TPSA) is 52.0 Å².